The van der Waals surface area contributed by atoms with Crippen molar-refractivity contribution in [2.24, 2.45) is 5.41 Å². The molecule has 2 nitrogen and oxygen atoms in total. The van der Waals surface area contributed by atoms with E-state index in [9.17, 15) is 0 Å². The van der Waals surface area contributed by atoms with Gasteiger partial charge in [-0.2, -0.15) is 0 Å². The van der Waals surface area contributed by atoms with Gasteiger partial charge in [0, 0.05) is 12.0 Å². The van der Waals surface area contributed by atoms with Gasteiger partial charge in [-0.1, -0.05) is 31.4 Å². The minimum Gasteiger partial charge on any atom is -0.497 e. The average Bonchev–Trinajstić information content (AvgIpc) is 2.47. The Morgan fingerprint density at radius 1 is 1.05 bits per heavy atom. The zero-order chi connectivity index (χ0) is 14.1. The van der Waals surface area contributed by atoms with E-state index in [0.29, 0.717) is 10.8 Å². The molecule has 2 fully saturated rings. The molecular formula is C18H27NO. The molecule has 1 aromatic rings. The summed E-state index contributed by atoms with van der Waals surface area (Å²) in [5, 5.41) is 3.43. The minimum atomic E-state index is 0.359. The molecule has 2 saturated carbocycles. The number of benzene rings is 1. The molecule has 2 heteroatoms. The molecule has 20 heavy (non-hydrogen) atoms. The maximum atomic E-state index is 5.29. The number of hydrogen-bond donors (Lipinski definition) is 1. The van der Waals surface area contributed by atoms with Gasteiger partial charge in [-0.3, -0.25) is 0 Å². The van der Waals surface area contributed by atoms with Gasteiger partial charge in [0.2, 0.25) is 0 Å². The zero-order valence-corrected chi connectivity index (χ0v) is 12.9. The van der Waals surface area contributed by atoms with Crippen LogP contribution in [0.15, 0.2) is 24.3 Å². The maximum Gasteiger partial charge on any atom is 0.118 e. The van der Waals surface area contributed by atoms with Gasteiger partial charge in [0.25, 0.3) is 0 Å². The first-order chi connectivity index (χ1) is 9.72. The Hall–Kier alpha value is -1.02. The molecule has 0 unspecified atom stereocenters. The van der Waals surface area contributed by atoms with Crippen LogP contribution in [0.4, 0.5) is 0 Å². The Balaban J connectivity index is 1.79. The van der Waals surface area contributed by atoms with Crippen molar-refractivity contribution in [3.05, 3.63) is 29.8 Å². The highest BCUT2D eigenvalue weighted by molar-refractivity contribution is 5.36. The molecule has 1 spiro atoms. The van der Waals surface area contributed by atoms with Crippen LogP contribution in [0.25, 0.3) is 0 Å². The molecule has 2 aliphatic rings. The van der Waals surface area contributed by atoms with E-state index in [-0.39, 0.29) is 0 Å². The van der Waals surface area contributed by atoms with Gasteiger partial charge >= 0.3 is 0 Å². The van der Waals surface area contributed by atoms with Crippen LogP contribution in [0, 0.1) is 5.41 Å². The molecule has 0 heterocycles. The molecule has 0 amide bonds. The van der Waals surface area contributed by atoms with Crippen LogP contribution >= 0.6 is 0 Å². The largest absolute Gasteiger partial charge is 0.497 e. The summed E-state index contributed by atoms with van der Waals surface area (Å²) in [6.45, 7) is 1.10. The van der Waals surface area contributed by atoms with Crippen molar-refractivity contribution in [3.8, 4) is 5.75 Å². The van der Waals surface area contributed by atoms with Crippen LogP contribution < -0.4 is 10.1 Å². The number of methoxy groups -OCH3 is 1. The van der Waals surface area contributed by atoms with Crippen LogP contribution in [0.2, 0.25) is 0 Å². The van der Waals surface area contributed by atoms with Gasteiger partial charge in [0.05, 0.1) is 7.11 Å². The van der Waals surface area contributed by atoms with Crippen molar-refractivity contribution in [1.82, 2.24) is 5.32 Å². The second-order valence-electron chi connectivity index (χ2n) is 6.95. The van der Waals surface area contributed by atoms with Crippen molar-refractivity contribution < 1.29 is 4.74 Å². The molecule has 0 atom stereocenters. The molecule has 2 aliphatic carbocycles. The Bertz CT molecular complexity index is 437. The fraction of sp³-hybridized carbons (Fsp3) is 0.667. The average molecular weight is 273 g/mol. The van der Waals surface area contributed by atoms with Crippen LogP contribution in [-0.2, 0) is 5.41 Å². The van der Waals surface area contributed by atoms with Gasteiger partial charge in [-0.25, -0.2) is 0 Å². The quantitative estimate of drug-likeness (QED) is 0.898. The smallest absolute Gasteiger partial charge is 0.118 e. The second kappa shape index (κ2) is 5.40. The summed E-state index contributed by atoms with van der Waals surface area (Å²) < 4.78 is 5.29. The van der Waals surface area contributed by atoms with Gasteiger partial charge in [-0.15, -0.1) is 0 Å². The molecule has 1 N–H and O–H groups in total. The van der Waals surface area contributed by atoms with E-state index in [1.165, 1.54) is 50.5 Å². The highest BCUT2D eigenvalue weighted by atomic mass is 16.5. The van der Waals surface area contributed by atoms with Crippen LogP contribution in [0.3, 0.4) is 0 Å². The lowest BCUT2D eigenvalue weighted by Gasteiger charge is -2.59. The molecule has 0 radical (unpaired) electrons. The molecule has 0 aliphatic heterocycles. The fourth-order valence-corrected chi connectivity index (χ4v) is 4.75. The lowest BCUT2D eigenvalue weighted by molar-refractivity contribution is -0.0119. The summed E-state index contributed by atoms with van der Waals surface area (Å²) in [6, 6.07) is 8.76. The Kier molecular flexibility index (Phi) is 3.76. The first-order valence-corrected chi connectivity index (χ1v) is 8.01. The van der Waals surface area contributed by atoms with Crippen LogP contribution in [0.5, 0.6) is 5.75 Å². The third-order valence-corrected chi connectivity index (χ3v) is 5.56. The summed E-state index contributed by atoms with van der Waals surface area (Å²) in [7, 11) is 3.82. The van der Waals surface area contributed by atoms with Gasteiger partial charge in [0.1, 0.15) is 5.75 Å². The number of rotatable bonds is 4. The minimum absolute atomic E-state index is 0.359. The number of likely N-dealkylation sites (N-methyl/N-ethyl adjacent to an activating group) is 1. The molecule has 1 aromatic carbocycles. The van der Waals surface area contributed by atoms with Crippen molar-refractivity contribution >= 4 is 0 Å². The van der Waals surface area contributed by atoms with E-state index < -0.39 is 0 Å². The molecular weight excluding hydrogens is 246 g/mol. The van der Waals surface area contributed by atoms with Gasteiger partial charge < -0.3 is 10.1 Å². The predicted octanol–water partition coefficient (Wildman–Crippen LogP) is 3.90. The van der Waals surface area contributed by atoms with E-state index in [1.807, 2.05) is 0 Å². The SMILES string of the molecule is CNCC1(c2ccc(OC)cc2)CC2(CCCCC2)C1. The molecule has 110 valence electrons. The standard InChI is InChI=1S/C18H27NO/c1-19-14-18(15-6-8-16(20-2)9-7-15)12-17(13-18)10-4-3-5-11-17/h6-9,19H,3-5,10-14H2,1-2H3. The second-order valence-corrected chi connectivity index (χ2v) is 6.95. The molecule has 0 aromatic heterocycles. The highest BCUT2D eigenvalue weighted by Gasteiger charge is 2.54. The molecule has 3 rings (SSSR count). The summed E-state index contributed by atoms with van der Waals surface area (Å²) in [6.07, 6.45) is 9.98. The number of nitrogens with one attached hydrogen (secondary N) is 1. The lowest BCUT2D eigenvalue weighted by atomic mass is 9.46. The molecule has 0 saturated heterocycles. The summed E-state index contributed by atoms with van der Waals surface area (Å²) in [5.41, 5.74) is 2.51. The van der Waals surface area contributed by atoms with Gasteiger partial charge in [-0.05, 0) is 55.8 Å². The molecule has 0 bridgehead atoms. The topological polar surface area (TPSA) is 21.3 Å². The maximum absolute atomic E-state index is 5.29. The van der Waals surface area contributed by atoms with E-state index in [2.05, 4.69) is 36.6 Å². The predicted molar refractivity (Wildman–Crippen MR) is 83.4 cm³/mol. The lowest BCUT2D eigenvalue weighted by Crippen LogP contribution is -2.54. The zero-order valence-electron chi connectivity index (χ0n) is 12.9. The third kappa shape index (κ3) is 2.35. The first-order valence-electron chi connectivity index (χ1n) is 8.01. The Morgan fingerprint density at radius 3 is 2.25 bits per heavy atom. The summed E-state index contributed by atoms with van der Waals surface area (Å²) >= 11 is 0. The summed E-state index contributed by atoms with van der Waals surface area (Å²) in [5.74, 6) is 0.958. The van der Waals surface area contributed by atoms with Crippen molar-refractivity contribution in [2.75, 3.05) is 20.7 Å². The normalized spacial score (nSPS) is 23.3. The Morgan fingerprint density at radius 2 is 1.70 bits per heavy atom. The van der Waals surface area contributed by atoms with Crippen molar-refractivity contribution in [1.29, 1.82) is 0 Å². The monoisotopic (exact) mass is 273 g/mol. The van der Waals surface area contributed by atoms with Crippen LogP contribution in [0.1, 0.15) is 50.5 Å². The van der Waals surface area contributed by atoms with E-state index in [0.717, 1.165) is 12.3 Å². The van der Waals surface area contributed by atoms with E-state index >= 15 is 0 Å². The highest BCUT2D eigenvalue weighted by Crippen LogP contribution is 2.61. The van der Waals surface area contributed by atoms with Crippen molar-refractivity contribution in [3.63, 3.8) is 0 Å². The van der Waals surface area contributed by atoms with Crippen molar-refractivity contribution in [2.45, 2.75) is 50.4 Å². The van der Waals surface area contributed by atoms with Crippen LogP contribution in [-0.4, -0.2) is 20.7 Å². The Labute approximate surface area is 122 Å². The van der Waals surface area contributed by atoms with E-state index in [1.54, 1.807) is 7.11 Å². The third-order valence-electron chi connectivity index (χ3n) is 5.56. The number of hydrogen-bond acceptors (Lipinski definition) is 2. The van der Waals surface area contributed by atoms with E-state index in [4.69, 9.17) is 4.74 Å². The fourth-order valence-electron chi connectivity index (χ4n) is 4.75. The van der Waals surface area contributed by atoms with Gasteiger partial charge in [0.15, 0.2) is 0 Å². The number of ether oxygens (including phenoxy) is 1. The first kappa shape index (κ1) is 13.9. The summed E-state index contributed by atoms with van der Waals surface area (Å²) in [4.78, 5) is 0.